The van der Waals surface area contributed by atoms with Gasteiger partial charge in [0, 0.05) is 13.1 Å². The van der Waals surface area contributed by atoms with Gasteiger partial charge in [0.15, 0.2) is 5.65 Å². The van der Waals surface area contributed by atoms with Gasteiger partial charge in [-0.1, -0.05) is 12.8 Å². The average Bonchev–Trinajstić information content (AvgIpc) is 2.87. The van der Waals surface area contributed by atoms with E-state index in [2.05, 4.69) is 25.3 Å². The lowest BCUT2D eigenvalue weighted by Gasteiger charge is -2.19. The monoisotopic (exact) mass is 359 g/mol. The molecule has 142 valence electrons. The second kappa shape index (κ2) is 9.47. The number of primary amides is 1. The van der Waals surface area contributed by atoms with Crippen LogP contribution in [0.15, 0.2) is 12.5 Å². The molecule has 0 aliphatic carbocycles. The summed E-state index contributed by atoms with van der Waals surface area (Å²) in [6, 6.07) is -0.491. The Bertz CT molecular complexity index is 707. The third kappa shape index (κ3) is 5.14. The Morgan fingerprint density at radius 2 is 1.92 bits per heavy atom. The minimum absolute atomic E-state index is 0.491. The van der Waals surface area contributed by atoms with Crippen molar-refractivity contribution in [2.24, 2.45) is 5.73 Å². The van der Waals surface area contributed by atoms with Crippen molar-refractivity contribution in [3.05, 3.63) is 18.2 Å². The van der Waals surface area contributed by atoms with E-state index in [1.54, 1.807) is 6.33 Å². The molecule has 2 aromatic heterocycles. The van der Waals surface area contributed by atoms with Crippen LogP contribution in [0.4, 0.5) is 4.79 Å². The van der Waals surface area contributed by atoms with E-state index in [-0.39, 0.29) is 0 Å². The first-order valence-corrected chi connectivity index (χ1v) is 9.65. The number of nitrogens with one attached hydrogen (secondary N) is 1. The Kier molecular flexibility index (Phi) is 6.76. The molecule has 0 unspecified atom stereocenters. The molecule has 0 bridgehead atoms. The van der Waals surface area contributed by atoms with Crippen LogP contribution in [0.2, 0.25) is 0 Å². The molecule has 0 spiro atoms. The highest BCUT2D eigenvalue weighted by atomic mass is 16.2. The first-order chi connectivity index (χ1) is 12.7. The van der Waals surface area contributed by atoms with E-state index in [1.165, 1.54) is 38.8 Å². The van der Waals surface area contributed by atoms with Gasteiger partial charge >= 0.3 is 6.03 Å². The molecule has 1 aliphatic heterocycles. The van der Waals surface area contributed by atoms with Gasteiger partial charge in [-0.25, -0.2) is 19.4 Å². The van der Waals surface area contributed by atoms with Crippen molar-refractivity contribution < 1.29 is 4.79 Å². The van der Waals surface area contributed by atoms with Crippen LogP contribution in [0.5, 0.6) is 0 Å². The molecule has 0 radical (unpaired) electrons. The molecule has 0 aromatic carbocycles. The van der Waals surface area contributed by atoms with Crippen molar-refractivity contribution in [2.45, 2.75) is 51.5 Å². The first kappa shape index (κ1) is 18.6. The van der Waals surface area contributed by atoms with Crippen LogP contribution in [0.3, 0.4) is 0 Å². The molecule has 3 rings (SSSR count). The van der Waals surface area contributed by atoms with Crippen molar-refractivity contribution in [1.82, 2.24) is 30.0 Å². The molecule has 2 aromatic rings. The third-order valence-electron chi connectivity index (χ3n) is 4.95. The summed E-state index contributed by atoms with van der Waals surface area (Å²) in [5.74, 6) is 0. The van der Waals surface area contributed by atoms with Crippen molar-refractivity contribution in [3.63, 3.8) is 0 Å². The summed E-state index contributed by atoms with van der Waals surface area (Å²) < 4.78 is 1.99. The number of nitrogens with zero attached hydrogens (tertiary/aromatic N) is 5. The normalized spacial score (nSPS) is 15.8. The largest absolute Gasteiger partial charge is 0.352 e. The highest BCUT2D eigenvalue weighted by Crippen LogP contribution is 2.16. The predicted octanol–water partition coefficient (Wildman–Crippen LogP) is 1.69. The van der Waals surface area contributed by atoms with Gasteiger partial charge in [0.25, 0.3) is 0 Å². The van der Waals surface area contributed by atoms with E-state index < -0.39 is 6.03 Å². The van der Waals surface area contributed by atoms with Gasteiger partial charge in [-0.15, -0.1) is 0 Å². The van der Waals surface area contributed by atoms with Gasteiger partial charge in [-0.2, -0.15) is 5.10 Å². The van der Waals surface area contributed by atoms with Crippen LogP contribution in [-0.2, 0) is 13.0 Å². The number of aryl methyl sites for hydroxylation is 2. The number of fused-ring (bicyclic) bond motifs is 1. The molecule has 8 nitrogen and oxygen atoms in total. The van der Waals surface area contributed by atoms with E-state index in [9.17, 15) is 4.79 Å². The Balaban J connectivity index is 1.54. The highest BCUT2D eigenvalue weighted by molar-refractivity contribution is 5.76. The SMILES string of the molecule is NC(=O)NCCCc1ncnc2c1cnn2CCCN1CCCCCC1. The summed E-state index contributed by atoms with van der Waals surface area (Å²) in [7, 11) is 0. The van der Waals surface area contributed by atoms with Gasteiger partial charge in [0.2, 0.25) is 0 Å². The zero-order valence-electron chi connectivity index (χ0n) is 15.4. The number of likely N-dealkylation sites (tertiary alicyclic amines) is 1. The fourth-order valence-corrected chi connectivity index (χ4v) is 3.58. The molecule has 0 atom stereocenters. The fourth-order valence-electron chi connectivity index (χ4n) is 3.58. The summed E-state index contributed by atoms with van der Waals surface area (Å²) in [6.07, 6.45) is 11.5. The molecule has 1 saturated heterocycles. The van der Waals surface area contributed by atoms with Gasteiger partial charge in [-0.3, -0.25) is 0 Å². The third-order valence-corrected chi connectivity index (χ3v) is 4.95. The van der Waals surface area contributed by atoms with Crippen molar-refractivity contribution in [2.75, 3.05) is 26.2 Å². The molecule has 2 amide bonds. The Morgan fingerprint density at radius 3 is 2.69 bits per heavy atom. The van der Waals surface area contributed by atoms with Crippen molar-refractivity contribution >= 4 is 17.1 Å². The van der Waals surface area contributed by atoms with E-state index in [0.29, 0.717) is 6.54 Å². The number of hydrogen-bond donors (Lipinski definition) is 2. The van der Waals surface area contributed by atoms with Crippen LogP contribution in [0, 0.1) is 0 Å². The topological polar surface area (TPSA) is 102 Å². The number of nitrogens with two attached hydrogens (primary N) is 1. The number of carbonyl (C=O) groups excluding carboxylic acids is 1. The number of urea groups is 1. The summed E-state index contributed by atoms with van der Waals surface area (Å²) in [6.45, 7) is 5.00. The number of aromatic nitrogens is 4. The Morgan fingerprint density at radius 1 is 1.12 bits per heavy atom. The molecule has 26 heavy (non-hydrogen) atoms. The van der Waals surface area contributed by atoms with Crippen LogP contribution < -0.4 is 11.1 Å². The molecule has 8 heteroatoms. The lowest BCUT2D eigenvalue weighted by molar-refractivity contribution is 0.249. The van der Waals surface area contributed by atoms with Gasteiger partial charge in [0.1, 0.15) is 6.33 Å². The van der Waals surface area contributed by atoms with Gasteiger partial charge in [0.05, 0.1) is 17.3 Å². The van der Waals surface area contributed by atoms with Crippen molar-refractivity contribution in [3.8, 4) is 0 Å². The Hall–Kier alpha value is -2.22. The average molecular weight is 359 g/mol. The summed E-state index contributed by atoms with van der Waals surface area (Å²) in [4.78, 5) is 22.1. The first-order valence-electron chi connectivity index (χ1n) is 9.65. The second-order valence-electron chi connectivity index (χ2n) is 6.93. The minimum atomic E-state index is -0.491. The fraction of sp³-hybridized carbons (Fsp3) is 0.667. The molecular weight excluding hydrogens is 330 g/mol. The maximum Gasteiger partial charge on any atom is 0.312 e. The number of carbonyl (C=O) groups is 1. The molecule has 1 fully saturated rings. The molecule has 3 heterocycles. The highest BCUT2D eigenvalue weighted by Gasteiger charge is 2.11. The number of hydrogen-bond acceptors (Lipinski definition) is 5. The Labute approximate surface area is 154 Å². The van der Waals surface area contributed by atoms with E-state index in [4.69, 9.17) is 5.73 Å². The number of rotatable bonds is 8. The maximum absolute atomic E-state index is 10.7. The van der Waals surface area contributed by atoms with Crippen molar-refractivity contribution in [1.29, 1.82) is 0 Å². The molecule has 3 N–H and O–H groups in total. The summed E-state index contributed by atoms with van der Waals surface area (Å²) in [5.41, 5.74) is 6.95. The zero-order chi connectivity index (χ0) is 18.2. The van der Waals surface area contributed by atoms with E-state index in [1.807, 2.05) is 10.9 Å². The van der Waals surface area contributed by atoms with E-state index >= 15 is 0 Å². The summed E-state index contributed by atoms with van der Waals surface area (Å²) in [5, 5.41) is 8.12. The zero-order valence-corrected chi connectivity index (χ0v) is 15.4. The quantitative estimate of drug-likeness (QED) is 0.698. The predicted molar refractivity (Wildman–Crippen MR) is 101 cm³/mol. The lowest BCUT2D eigenvalue weighted by Crippen LogP contribution is -2.30. The van der Waals surface area contributed by atoms with E-state index in [0.717, 1.165) is 49.1 Å². The minimum Gasteiger partial charge on any atom is -0.352 e. The van der Waals surface area contributed by atoms with Crippen LogP contribution in [-0.4, -0.2) is 56.9 Å². The van der Waals surface area contributed by atoms with Gasteiger partial charge in [-0.05, 0) is 51.7 Å². The van der Waals surface area contributed by atoms with Crippen LogP contribution in [0.25, 0.3) is 11.0 Å². The number of amides is 2. The van der Waals surface area contributed by atoms with Crippen LogP contribution in [0.1, 0.15) is 44.2 Å². The molecular formula is C18H29N7O. The second-order valence-corrected chi connectivity index (χ2v) is 6.93. The molecule has 1 aliphatic rings. The molecule has 0 saturated carbocycles. The van der Waals surface area contributed by atoms with Gasteiger partial charge < -0.3 is 16.0 Å². The lowest BCUT2D eigenvalue weighted by atomic mass is 10.2. The standard InChI is InChI=1S/C18H29N7O/c19-18(26)20-8-5-7-16-15-13-23-25(17(15)22-14-21-16)12-6-11-24-9-3-1-2-4-10-24/h13-14H,1-12H2,(H3,19,20,26). The maximum atomic E-state index is 10.7. The summed E-state index contributed by atoms with van der Waals surface area (Å²) >= 11 is 0. The van der Waals surface area contributed by atoms with Crippen LogP contribution >= 0.6 is 0 Å². The smallest absolute Gasteiger partial charge is 0.312 e.